The molecule has 0 radical (unpaired) electrons. The van der Waals surface area contributed by atoms with E-state index in [-0.39, 0.29) is 11.6 Å². The lowest BCUT2D eigenvalue weighted by atomic mass is 10.1. The summed E-state index contributed by atoms with van der Waals surface area (Å²) in [5, 5.41) is 14.1. The Morgan fingerprint density at radius 3 is 2.62 bits per heavy atom. The van der Waals surface area contributed by atoms with Gasteiger partial charge in [-0.1, -0.05) is 42.0 Å². The zero-order valence-corrected chi connectivity index (χ0v) is 13.4. The number of nitrogens with zero attached hydrogens (tertiary/aromatic N) is 2. The Morgan fingerprint density at radius 2 is 1.92 bits per heavy atom. The van der Waals surface area contributed by atoms with Crippen LogP contribution >= 0.6 is 0 Å². The minimum atomic E-state index is -0.439. The van der Waals surface area contributed by atoms with Crippen LogP contribution < -0.4 is 5.32 Å². The normalized spacial score (nSPS) is 17.1. The van der Waals surface area contributed by atoms with E-state index < -0.39 is 11.0 Å². The van der Waals surface area contributed by atoms with Crippen molar-refractivity contribution >= 4 is 17.3 Å². The SMILES string of the molecule is Cc1ccc(CN2CCC(Nc3ccccc3[N+](=O)[O-])C2=O)cc1. The van der Waals surface area contributed by atoms with E-state index >= 15 is 0 Å². The first-order valence-electron chi connectivity index (χ1n) is 7.89. The number of carbonyl (C=O) groups excluding carboxylic acids is 1. The Balaban J connectivity index is 1.68. The second-order valence-electron chi connectivity index (χ2n) is 6.01. The topological polar surface area (TPSA) is 75.5 Å². The highest BCUT2D eigenvalue weighted by molar-refractivity contribution is 5.87. The predicted octanol–water partition coefficient (Wildman–Crippen LogP) is 3.12. The zero-order chi connectivity index (χ0) is 17.1. The molecule has 1 aliphatic heterocycles. The van der Waals surface area contributed by atoms with E-state index in [9.17, 15) is 14.9 Å². The highest BCUT2D eigenvalue weighted by atomic mass is 16.6. The van der Waals surface area contributed by atoms with E-state index in [0.717, 1.165) is 5.56 Å². The number of nitro groups is 1. The molecule has 0 saturated carbocycles. The largest absolute Gasteiger partial charge is 0.368 e. The van der Waals surface area contributed by atoms with Gasteiger partial charge < -0.3 is 10.2 Å². The van der Waals surface area contributed by atoms with Gasteiger partial charge in [-0.05, 0) is 25.0 Å². The second kappa shape index (κ2) is 6.70. The van der Waals surface area contributed by atoms with E-state index in [0.29, 0.717) is 25.2 Å². The molecule has 1 unspecified atom stereocenters. The number of hydrogen-bond donors (Lipinski definition) is 1. The summed E-state index contributed by atoms with van der Waals surface area (Å²) in [7, 11) is 0. The van der Waals surface area contributed by atoms with Crippen molar-refractivity contribution in [2.24, 2.45) is 0 Å². The Bertz CT molecular complexity index is 758. The molecule has 1 atom stereocenters. The molecule has 1 fully saturated rings. The standard InChI is InChI=1S/C18H19N3O3/c1-13-6-8-14(9-7-13)12-20-11-10-16(18(20)22)19-15-4-2-3-5-17(15)21(23)24/h2-9,16,19H,10-12H2,1H3. The number of nitro benzene ring substituents is 1. The Labute approximate surface area is 140 Å². The summed E-state index contributed by atoms with van der Waals surface area (Å²) >= 11 is 0. The van der Waals surface area contributed by atoms with Gasteiger partial charge in [-0.25, -0.2) is 0 Å². The monoisotopic (exact) mass is 325 g/mol. The zero-order valence-electron chi connectivity index (χ0n) is 13.4. The van der Waals surface area contributed by atoms with Gasteiger partial charge in [-0.15, -0.1) is 0 Å². The number of carbonyl (C=O) groups is 1. The molecular formula is C18H19N3O3. The predicted molar refractivity (Wildman–Crippen MR) is 91.7 cm³/mol. The summed E-state index contributed by atoms with van der Waals surface area (Å²) in [5.74, 6) is -0.0197. The van der Waals surface area contributed by atoms with Crippen LogP contribution in [-0.2, 0) is 11.3 Å². The number of likely N-dealkylation sites (tertiary alicyclic amines) is 1. The highest BCUT2D eigenvalue weighted by Gasteiger charge is 2.32. The number of rotatable bonds is 5. The summed E-state index contributed by atoms with van der Waals surface area (Å²) in [4.78, 5) is 25.0. The lowest BCUT2D eigenvalue weighted by Crippen LogP contribution is -2.33. The molecule has 0 spiro atoms. The maximum atomic E-state index is 12.6. The van der Waals surface area contributed by atoms with E-state index in [1.165, 1.54) is 11.6 Å². The van der Waals surface area contributed by atoms with Crippen LogP contribution in [0.3, 0.4) is 0 Å². The average molecular weight is 325 g/mol. The molecular weight excluding hydrogens is 306 g/mol. The summed E-state index contributed by atoms with van der Waals surface area (Å²) in [6, 6.07) is 14.1. The van der Waals surface area contributed by atoms with Crippen LogP contribution in [-0.4, -0.2) is 28.3 Å². The fraction of sp³-hybridized carbons (Fsp3) is 0.278. The molecule has 6 nitrogen and oxygen atoms in total. The van der Waals surface area contributed by atoms with Crippen molar-refractivity contribution in [1.29, 1.82) is 0 Å². The second-order valence-corrected chi connectivity index (χ2v) is 6.01. The third-order valence-electron chi connectivity index (χ3n) is 4.22. The van der Waals surface area contributed by atoms with Gasteiger partial charge in [-0.2, -0.15) is 0 Å². The maximum Gasteiger partial charge on any atom is 0.292 e. The molecule has 6 heteroatoms. The molecule has 1 saturated heterocycles. The van der Waals surface area contributed by atoms with Crippen LogP contribution in [0.5, 0.6) is 0 Å². The van der Waals surface area contributed by atoms with E-state index in [4.69, 9.17) is 0 Å². The summed E-state index contributed by atoms with van der Waals surface area (Å²) < 4.78 is 0. The van der Waals surface area contributed by atoms with Crippen molar-refractivity contribution in [2.45, 2.75) is 25.9 Å². The van der Waals surface area contributed by atoms with Gasteiger partial charge in [0, 0.05) is 19.2 Å². The van der Waals surface area contributed by atoms with Gasteiger partial charge in [0.2, 0.25) is 5.91 Å². The van der Waals surface area contributed by atoms with Crippen LogP contribution in [0.2, 0.25) is 0 Å². The first kappa shape index (κ1) is 16.0. The maximum absolute atomic E-state index is 12.6. The number of amides is 1. The first-order valence-corrected chi connectivity index (χ1v) is 7.89. The Kier molecular flexibility index (Phi) is 4.46. The summed E-state index contributed by atoms with van der Waals surface area (Å²) in [5.41, 5.74) is 2.64. The molecule has 3 rings (SSSR count). The highest BCUT2D eigenvalue weighted by Crippen LogP contribution is 2.26. The van der Waals surface area contributed by atoms with Crippen molar-refractivity contribution in [3.05, 3.63) is 69.8 Å². The molecule has 1 N–H and O–H groups in total. The van der Waals surface area contributed by atoms with Gasteiger partial charge in [-0.3, -0.25) is 14.9 Å². The molecule has 2 aromatic carbocycles. The quantitative estimate of drug-likeness (QED) is 0.677. The molecule has 0 aromatic heterocycles. The molecule has 0 aliphatic carbocycles. The van der Waals surface area contributed by atoms with E-state index in [1.807, 2.05) is 31.2 Å². The van der Waals surface area contributed by atoms with Crippen molar-refractivity contribution in [3.8, 4) is 0 Å². The average Bonchev–Trinajstić information content (AvgIpc) is 2.90. The number of hydrogen-bond acceptors (Lipinski definition) is 4. The van der Waals surface area contributed by atoms with Crippen molar-refractivity contribution < 1.29 is 9.72 Å². The fourth-order valence-electron chi connectivity index (χ4n) is 2.89. The number of para-hydroxylation sites is 2. The minimum absolute atomic E-state index is 0.0118. The number of anilines is 1. The van der Waals surface area contributed by atoms with E-state index in [2.05, 4.69) is 5.32 Å². The van der Waals surface area contributed by atoms with Gasteiger partial charge in [0.05, 0.1) is 4.92 Å². The number of nitrogens with one attached hydrogen (secondary N) is 1. The molecule has 1 aliphatic rings. The third kappa shape index (κ3) is 3.37. The van der Waals surface area contributed by atoms with Crippen LogP contribution in [0.15, 0.2) is 48.5 Å². The van der Waals surface area contributed by atoms with Gasteiger partial charge in [0.25, 0.3) is 5.69 Å². The fourth-order valence-corrected chi connectivity index (χ4v) is 2.89. The Hall–Kier alpha value is -2.89. The van der Waals surface area contributed by atoms with Gasteiger partial charge >= 0.3 is 0 Å². The first-order chi connectivity index (χ1) is 11.5. The van der Waals surface area contributed by atoms with Crippen LogP contribution in [0.4, 0.5) is 11.4 Å². The van der Waals surface area contributed by atoms with Crippen molar-refractivity contribution in [1.82, 2.24) is 4.90 Å². The van der Waals surface area contributed by atoms with Crippen molar-refractivity contribution in [2.75, 3.05) is 11.9 Å². The lowest BCUT2D eigenvalue weighted by Gasteiger charge is -2.18. The minimum Gasteiger partial charge on any atom is -0.368 e. The number of aryl methyl sites for hydroxylation is 1. The molecule has 2 aromatic rings. The van der Waals surface area contributed by atoms with Crippen LogP contribution in [0.1, 0.15) is 17.5 Å². The molecule has 124 valence electrons. The van der Waals surface area contributed by atoms with Gasteiger partial charge in [0.1, 0.15) is 11.7 Å². The molecule has 1 heterocycles. The van der Waals surface area contributed by atoms with Gasteiger partial charge in [0.15, 0.2) is 0 Å². The smallest absolute Gasteiger partial charge is 0.292 e. The molecule has 0 bridgehead atoms. The Morgan fingerprint density at radius 1 is 1.21 bits per heavy atom. The number of benzene rings is 2. The molecule has 1 amide bonds. The summed E-state index contributed by atoms with van der Waals surface area (Å²) in [6.45, 7) is 3.23. The van der Waals surface area contributed by atoms with Crippen molar-refractivity contribution in [3.63, 3.8) is 0 Å². The molecule has 24 heavy (non-hydrogen) atoms. The third-order valence-corrected chi connectivity index (χ3v) is 4.22. The van der Waals surface area contributed by atoms with Crippen LogP contribution in [0, 0.1) is 17.0 Å². The lowest BCUT2D eigenvalue weighted by molar-refractivity contribution is -0.384. The summed E-state index contributed by atoms with van der Waals surface area (Å²) in [6.07, 6.45) is 0.636. The van der Waals surface area contributed by atoms with Crippen LogP contribution in [0.25, 0.3) is 0 Å². The van der Waals surface area contributed by atoms with E-state index in [1.54, 1.807) is 23.1 Å².